The number of nitrogens with one attached hydrogen (secondary N) is 1. The summed E-state index contributed by atoms with van der Waals surface area (Å²) < 4.78 is 5.97. The molecule has 1 fully saturated rings. The lowest BCUT2D eigenvalue weighted by Gasteiger charge is -2.17. The Morgan fingerprint density at radius 3 is 2.57 bits per heavy atom. The molecule has 3 rings (SSSR count). The van der Waals surface area contributed by atoms with Crippen LogP contribution in [0.1, 0.15) is 18.9 Å². The maximum absolute atomic E-state index is 5.97. The predicted molar refractivity (Wildman–Crippen MR) is 100.0 cm³/mol. The van der Waals surface area contributed by atoms with Crippen LogP contribution in [-0.2, 0) is 0 Å². The molecule has 2 aromatic rings. The third-order valence-electron chi connectivity index (χ3n) is 4.62. The number of hydrogen-bond acceptors (Lipinski definition) is 3. The van der Waals surface area contributed by atoms with Gasteiger partial charge in [-0.3, -0.25) is 4.98 Å². The summed E-state index contributed by atoms with van der Waals surface area (Å²) in [4.78, 5) is 4.32. The van der Waals surface area contributed by atoms with Crippen LogP contribution in [0.15, 0.2) is 42.7 Å². The van der Waals surface area contributed by atoms with Crippen LogP contribution < -0.4 is 10.1 Å². The molecule has 1 aromatic carbocycles. The van der Waals surface area contributed by atoms with Gasteiger partial charge in [0.25, 0.3) is 0 Å². The van der Waals surface area contributed by atoms with E-state index in [0.717, 1.165) is 11.3 Å². The number of halogens is 2. The first kappa shape index (κ1) is 19.8. The van der Waals surface area contributed by atoms with Crippen molar-refractivity contribution in [2.45, 2.75) is 25.8 Å². The molecule has 0 bridgehead atoms. The van der Waals surface area contributed by atoms with Gasteiger partial charge in [-0.1, -0.05) is 31.2 Å². The van der Waals surface area contributed by atoms with Crippen molar-refractivity contribution < 1.29 is 4.74 Å². The van der Waals surface area contributed by atoms with Gasteiger partial charge in [-0.15, -0.1) is 24.8 Å². The van der Waals surface area contributed by atoms with Crippen LogP contribution in [0.4, 0.5) is 0 Å². The lowest BCUT2D eigenvalue weighted by atomic mass is 10.0. The molecular weight excluding hydrogens is 331 g/mol. The molecule has 1 saturated carbocycles. The van der Waals surface area contributed by atoms with Crippen LogP contribution >= 0.6 is 24.8 Å². The van der Waals surface area contributed by atoms with E-state index in [4.69, 9.17) is 4.74 Å². The summed E-state index contributed by atoms with van der Waals surface area (Å²) in [5, 5.41) is 3.38. The maximum Gasteiger partial charge on any atom is 0.138 e. The number of aromatic nitrogens is 1. The molecule has 1 aliphatic carbocycles. The highest BCUT2D eigenvalue weighted by Crippen LogP contribution is 2.42. The zero-order chi connectivity index (χ0) is 14.9. The molecule has 3 nitrogen and oxygen atoms in total. The molecule has 2 atom stereocenters. The minimum absolute atomic E-state index is 0. The molecular formula is C18H24Cl2N2O. The summed E-state index contributed by atoms with van der Waals surface area (Å²) in [7, 11) is 2.01. The van der Waals surface area contributed by atoms with Crippen LogP contribution in [0.25, 0.3) is 11.1 Å². The van der Waals surface area contributed by atoms with Crippen LogP contribution in [0.2, 0.25) is 0 Å². The Hall–Kier alpha value is -1.29. The maximum atomic E-state index is 5.97. The van der Waals surface area contributed by atoms with E-state index in [1.165, 1.54) is 17.5 Å². The van der Waals surface area contributed by atoms with Crippen molar-refractivity contribution in [3.8, 4) is 16.9 Å². The van der Waals surface area contributed by atoms with Gasteiger partial charge in [0.15, 0.2) is 0 Å². The van der Waals surface area contributed by atoms with Gasteiger partial charge in [-0.2, -0.15) is 0 Å². The van der Waals surface area contributed by atoms with E-state index >= 15 is 0 Å². The zero-order valence-electron chi connectivity index (χ0n) is 13.7. The van der Waals surface area contributed by atoms with E-state index < -0.39 is 0 Å². The molecule has 2 unspecified atom stereocenters. The van der Waals surface area contributed by atoms with Crippen LogP contribution in [0, 0.1) is 12.8 Å². The lowest BCUT2D eigenvalue weighted by molar-refractivity contribution is 0.249. The largest absolute Gasteiger partial charge is 0.490 e. The summed E-state index contributed by atoms with van der Waals surface area (Å²) in [5.74, 6) is 1.51. The fourth-order valence-corrected chi connectivity index (χ4v) is 2.86. The topological polar surface area (TPSA) is 34.1 Å². The van der Waals surface area contributed by atoms with Gasteiger partial charge in [0.1, 0.15) is 12.4 Å². The molecule has 0 radical (unpaired) electrons. The second-order valence-corrected chi connectivity index (χ2v) is 6.02. The predicted octanol–water partition coefficient (Wildman–Crippen LogP) is 4.28. The van der Waals surface area contributed by atoms with E-state index in [9.17, 15) is 0 Å². The van der Waals surface area contributed by atoms with Crippen LogP contribution in [-0.4, -0.2) is 24.2 Å². The standard InChI is InChI=1S/C18H22N2O.2ClH/c1-13-6-4-5-7-17(13)15-8-16(11-20-10-15)21-12-18(19-3)9-14(18)2;;/h4-8,10-11,14,19H,9,12H2,1-3H3;2*1H. The number of aryl methyl sites for hydroxylation is 1. The summed E-state index contributed by atoms with van der Waals surface area (Å²) in [6.07, 6.45) is 4.86. The SMILES string of the molecule is CNC1(COc2cncc(-c3ccccc3C)c2)CC1C.Cl.Cl. The molecule has 126 valence electrons. The Bertz CT molecular complexity index is 646. The zero-order valence-corrected chi connectivity index (χ0v) is 15.3. The molecule has 5 heteroatoms. The van der Waals surface area contributed by atoms with Crippen LogP contribution in [0.5, 0.6) is 5.75 Å². The summed E-state index contributed by atoms with van der Waals surface area (Å²) in [6.45, 7) is 5.07. The number of ether oxygens (including phenoxy) is 1. The van der Waals surface area contributed by atoms with E-state index in [1.54, 1.807) is 6.20 Å². The fourth-order valence-electron chi connectivity index (χ4n) is 2.86. The molecule has 1 aliphatic rings. The van der Waals surface area contributed by atoms with Crippen molar-refractivity contribution in [2.24, 2.45) is 5.92 Å². The van der Waals surface area contributed by atoms with Crippen molar-refractivity contribution in [2.75, 3.05) is 13.7 Å². The Kier molecular flexibility index (Phi) is 6.87. The Morgan fingerprint density at radius 2 is 1.96 bits per heavy atom. The first-order chi connectivity index (χ1) is 10.1. The minimum atomic E-state index is 0. The number of benzene rings is 1. The average molecular weight is 355 g/mol. The van der Waals surface area contributed by atoms with E-state index in [1.807, 2.05) is 13.2 Å². The normalized spacial score (nSPS) is 21.8. The van der Waals surface area contributed by atoms with Crippen molar-refractivity contribution in [1.29, 1.82) is 0 Å². The molecule has 1 aromatic heterocycles. The number of pyridine rings is 1. The van der Waals surface area contributed by atoms with E-state index in [2.05, 4.69) is 54.5 Å². The summed E-state index contributed by atoms with van der Waals surface area (Å²) in [5.41, 5.74) is 3.71. The number of likely N-dealkylation sites (N-methyl/N-ethyl adjacent to an activating group) is 1. The van der Waals surface area contributed by atoms with E-state index in [-0.39, 0.29) is 30.4 Å². The van der Waals surface area contributed by atoms with Gasteiger partial charge >= 0.3 is 0 Å². The van der Waals surface area contributed by atoms with Crippen molar-refractivity contribution in [1.82, 2.24) is 10.3 Å². The van der Waals surface area contributed by atoms with Gasteiger partial charge < -0.3 is 10.1 Å². The molecule has 0 saturated heterocycles. The van der Waals surface area contributed by atoms with Gasteiger partial charge in [-0.05, 0) is 43.5 Å². The lowest BCUT2D eigenvalue weighted by Crippen LogP contribution is -2.36. The second kappa shape index (κ2) is 8.00. The molecule has 1 heterocycles. The van der Waals surface area contributed by atoms with E-state index in [0.29, 0.717) is 12.5 Å². The Labute approximate surface area is 150 Å². The quantitative estimate of drug-likeness (QED) is 0.869. The second-order valence-electron chi connectivity index (χ2n) is 6.02. The van der Waals surface area contributed by atoms with Crippen molar-refractivity contribution in [3.05, 3.63) is 48.3 Å². The highest BCUT2D eigenvalue weighted by molar-refractivity contribution is 5.85. The van der Waals surface area contributed by atoms with Gasteiger partial charge in [-0.25, -0.2) is 0 Å². The number of hydrogen-bond donors (Lipinski definition) is 1. The van der Waals surface area contributed by atoms with Crippen LogP contribution in [0.3, 0.4) is 0 Å². The Balaban J connectivity index is 0.00000132. The summed E-state index contributed by atoms with van der Waals surface area (Å²) >= 11 is 0. The first-order valence-electron chi connectivity index (χ1n) is 7.47. The number of rotatable bonds is 5. The molecule has 0 aliphatic heterocycles. The Morgan fingerprint density at radius 1 is 1.26 bits per heavy atom. The highest BCUT2D eigenvalue weighted by Gasteiger charge is 2.50. The van der Waals surface area contributed by atoms with Gasteiger partial charge in [0.05, 0.1) is 11.7 Å². The molecule has 1 N–H and O–H groups in total. The molecule has 0 spiro atoms. The average Bonchev–Trinajstić information content (AvgIpc) is 3.17. The number of nitrogens with zero attached hydrogens (tertiary/aromatic N) is 1. The monoisotopic (exact) mass is 354 g/mol. The third-order valence-corrected chi connectivity index (χ3v) is 4.62. The minimum Gasteiger partial charge on any atom is -0.490 e. The van der Waals surface area contributed by atoms with Crippen molar-refractivity contribution in [3.63, 3.8) is 0 Å². The smallest absolute Gasteiger partial charge is 0.138 e. The van der Waals surface area contributed by atoms with Gasteiger partial charge in [0.2, 0.25) is 0 Å². The fraction of sp³-hybridized carbons (Fsp3) is 0.389. The van der Waals surface area contributed by atoms with Gasteiger partial charge in [0, 0.05) is 11.8 Å². The van der Waals surface area contributed by atoms with Crippen molar-refractivity contribution >= 4 is 24.8 Å². The summed E-state index contributed by atoms with van der Waals surface area (Å²) in [6, 6.07) is 10.4. The first-order valence-corrected chi connectivity index (χ1v) is 7.47. The third kappa shape index (κ3) is 4.17. The molecule has 23 heavy (non-hydrogen) atoms. The molecule has 0 amide bonds. The highest BCUT2D eigenvalue weighted by atomic mass is 35.5.